The Kier molecular flexibility index (Phi) is 8.04. The van der Waals surface area contributed by atoms with E-state index in [-0.39, 0.29) is 0 Å². The highest BCUT2D eigenvalue weighted by Gasteiger charge is 2.25. The van der Waals surface area contributed by atoms with Crippen molar-refractivity contribution in [2.75, 3.05) is 4.90 Å². The van der Waals surface area contributed by atoms with Gasteiger partial charge in [0.15, 0.2) is 0 Å². The van der Waals surface area contributed by atoms with Crippen LogP contribution in [0.1, 0.15) is 0 Å². The standard InChI is InChI=1S/C54H35NOS/c1-5-16-36(17-6-1)40-28-29-45-46-25-15-26-49(54(46)57-51(45)35-40)55(43-33-41(37-18-7-2-8-19-37)32-42(34-43)38-20-9-3-10-21-38)48-31-30-44(39-22-11-4-12-23-39)53-52(48)47-24-13-14-27-50(47)56-53/h1-35H. The minimum absolute atomic E-state index is 0.869. The zero-order chi connectivity index (χ0) is 37.7. The van der Waals surface area contributed by atoms with Gasteiger partial charge in [-0.2, -0.15) is 0 Å². The van der Waals surface area contributed by atoms with Gasteiger partial charge >= 0.3 is 0 Å². The number of rotatable bonds is 7. The molecule has 0 unspecified atom stereocenters. The van der Waals surface area contributed by atoms with Crippen molar-refractivity contribution in [3.05, 3.63) is 212 Å². The lowest BCUT2D eigenvalue weighted by Crippen LogP contribution is -2.11. The Morgan fingerprint density at radius 3 is 1.61 bits per heavy atom. The van der Waals surface area contributed by atoms with Crippen LogP contribution in [0, 0.1) is 0 Å². The molecule has 3 heteroatoms. The Hall–Kier alpha value is -7.20. The lowest BCUT2D eigenvalue weighted by Gasteiger charge is -2.28. The molecule has 0 saturated carbocycles. The second kappa shape index (κ2) is 13.8. The van der Waals surface area contributed by atoms with E-state index in [9.17, 15) is 0 Å². The molecule has 2 aromatic heterocycles. The molecule has 11 rings (SSSR count). The third-order valence-electron chi connectivity index (χ3n) is 11.0. The van der Waals surface area contributed by atoms with Gasteiger partial charge in [-0.05, 0) is 87.5 Å². The van der Waals surface area contributed by atoms with Gasteiger partial charge in [-0.15, -0.1) is 11.3 Å². The molecule has 0 fully saturated rings. The van der Waals surface area contributed by atoms with Crippen LogP contribution in [-0.2, 0) is 0 Å². The first kappa shape index (κ1) is 33.2. The summed E-state index contributed by atoms with van der Waals surface area (Å²) < 4.78 is 9.35. The Labute approximate surface area is 335 Å². The first-order valence-electron chi connectivity index (χ1n) is 19.3. The van der Waals surface area contributed by atoms with Crippen molar-refractivity contribution in [3.63, 3.8) is 0 Å². The molecule has 2 heterocycles. The summed E-state index contributed by atoms with van der Waals surface area (Å²) in [6.07, 6.45) is 0. The first-order chi connectivity index (χ1) is 28.3. The molecule has 57 heavy (non-hydrogen) atoms. The molecular formula is C54H35NOS. The van der Waals surface area contributed by atoms with Crippen molar-refractivity contribution in [3.8, 4) is 44.5 Å². The maximum absolute atomic E-state index is 6.85. The number of para-hydroxylation sites is 1. The van der Waals surface area contributed by atoms with Crippen LogP contribution in [0.25, 0.3) is 86.6 Å². The summed E-state index contributed by atoms with van der Waals surface area (Å²) in [5.41, 5.74) is 14.3. The van der Waals surface area contributed by atoms with E-state index < -0.39 is 0 Å². The molecule has 2 nitrogen and oxygen atoms in total. The van der Waals surface area contributed by atoms with E-state index in [2.05, 4.69) is 217 Å². The topological polar surface area (TPSA) is 16.4 Å². The predicted octanol–water partition coefficient (Wildman–Crippen LogP) is 16.1. The number of benzene rings is 9. The van der Waals surface area contributed by atoms with Crippen LogP contribution in [-0.4, -0.2) is 0 Å². The van der Waals surface area contributed by atoms with E-state index in [0.717, 1.165) is 61.3 Å². The SMILES string of the molecule is c1ccc(-c2cc(-c3ccccc3)cc(N(c3cccc4c3sc3cc(-c5ccccc5)ccc34)c3ccc(-c4ccccc4)c4oc5ccccc5c34)c2)cc1. The number of nitrogens with zero attached hydrogens (tertiary/aromatic N) is 1. The lowest BCUT2D eigenvalue weighted by atomic mass is 9.96. The summed E-state index contributed by atoms with van der Waals surface area (Å²) in [6.45, 7) is 0. The van der Waals surface area contributed by atoms with Gasteiger partial charge in [0, 0.05) is 32.1 Å². The Morgan fingerprint density at radius 1 is 0.368 bits per heavy atom. The van der Waals surface area contributed by atoms with Crippen LogP contribution in [0.15, 0.2) is 217 Å². The van der Waals surface area contributed by atoms with Gasteiger partial charge in [0.05, 0.1) is 21.5 Å². The molecule has 0 amide bonds. The molecule has 0 bridgehead atoms. The van der Waals surface area contributed by atoms with E-state index >= 15 is 0 Å². The molecule has 0 aliphatic heterocycles. The van der Waals surface area contributed by atoms with Gasteiger partial charge < -0.3 is 9.32 Å². The zero-order valence-electron chi connectivity index (χ0n) is 31.0. The second-order valence-electron chi connectivity index (χ2n) is 14.5. The average Bonchev–Trinajstić information content (AvgIpc) is 3.87. The summed E-state index contributed by atoms with van der Waals surface area (Å²) in [6, 6.07) is 76.3. The summed E-state index contributed by atoms with van der Waals surface area (Å²) in [5, 5.41) is 4.68. The van der Waals surface area contributed by atoms with Gasteiger partial charge in [0.2, 0.25) is 0 Å². The highest BCUT2D eigenvalue weighted by Crippen LogP contribution is 2.51. The molecule has 0 spiro atoms. The number of fused-ring (bicyclic) bond motifs is 6. The monoisotopic (exact) mass is 745 g/mol. The van der Waals surface area contributed by atoms with Crippen LogP contribution >= 0.6 is 11.3 Å². The number of anilines is 3. The third kappa shape index (κ3) is 5.80. The number of thiophene rings is 1. The van der Waals surface area contributed by atoms with E-state index in [4.69, 9.17) is 4.42 Å². The molecular weight excluding hydrogens is 711 g/mol. The molecule has 0 saturated heterocycles. The number of hydrogen-bond donors (Lipinski definition) is 0. The molecule has 9 aromatic carbocycles. The Morgan fingerprint density at radius 2 is 0.947 bits per heavy atom. The molecule has 268 valence electrons. The Bertz CT molecular complexity index is 3160. The van der Waals surface area contributed by atoms with Gasteiger partial charge in [0.1, 0.15) is 11.2 Å². The van der Waals surface area contributed by atoms with Gasteiger partial charge in [-0.25, -0.2) is 0 Å². The van der Waals surface area contributed by atoms with Crippen molar-refractivity contribution >= 4 is 70.5 Å². The van der Waals surface area contributed by atoms with Gasteiger partial charge in [-0.1, -0.05) is 164 Å². The molecule has 0 radical (unpaired) electrons. The van der Waals surface area contributed by atoms with E-state index in [1.807, 2.05) is 11.3 Å². The maximum atomic E-state index is 6.85. The van der Waals surface area contributed by atoms with Crippen LogP contribution in [0.5, 0.6) is 0 Å². The average molecular weight is 746 g/mol. The fourth-order valence-corrected chi connectivity index (χ4v) is 9.60. The van der Waals surface area contributed by atoms with E-state index in [0.29, 0.717) is 0 Å². The highest BCUT2D eigenvalue weighted by atomic mass is 32.1. The van der Waals surface area contributed by atoms with Gasteiger partial charge in [-0.3, -0.25) is 0 Å². The lowest BCUT2D eigenvalue weighted by molar-refractivity contribution is 0.670. The summed E-state index contributed by atoms with van der Waals surface area (Å²) in [4.78, 5) is 2.48. The normalized spacial score (nSPS) is 11.5. The molecule has 0 N–H and O–H groups in total. The second-order valence-corrected chi connectivity index (χ2v) is 15.5. The van der Waals surface area contributed by atoms with Crippen molar-refractivity contribution in [1.82, 2.24) is 0 Å². The largest absolute Gasteiger partial charge is 0.455 e. The van der Waals surface area contributed by atoms with E-state index in [1.54, 1.807) is 0 Å². The zero-order valence-corrected chi connectivity index (χ0v) is 31.8. The molecule has 0 aliphatic carbocycles. The Balaban J connectivity index is 1.23. The highest BCUT2D eigenvalue weighted by molar-refractivity contribution is 7.26. The summed E-state index contributed by atoms with van der Waals surface area (Å²) in [7, 11) is 0. The number of furan rings is 1. The van der Waals surface area contributed by atoms with Crippen LogP contribution in [0.2, 0.25) is 0 Å². The van der Waals surface area contributed by atoms with Crippen molar-refractivity contribution < 1.29 is 4.42 Å². The summed E-state index contributed by atoms with van der Waals surface area (Å²) >= 11 is 1.86. The minimum atomic E-state index is 0.869. The quantitative estimate of drug-likeness (QED) is 0.162. The molecule has 0 atom stereocenters. The third-order valence-corrected chi connectivity index (χ3v) is 12.2. The fraction of sp³-hybridized carbons (Fsp3) is 0. The van der Waals surface area contributed by atoms with Gasteiger partial charge in [0.25, 0.3) is 0 Å². The van der Waals surface area contributed by atoms with Crippen LogP contribution < -0.4 is 4.90 Å². The predicted molar refractivity (Wildman–Crippen MR) is 243 cm³/mol. The molecule has 11 aromatic rings. The maximum Gasteiger partial charge on any atom is 0.145 e. The minimum Gasteiger partial charge on any atom is -0.455 e. The smallest absolute Gasteiger partial charge is 0.145 e. The van der Waals surface area contributed by atoms with Crippen LogP contribution in [0.4, 0.5) is 17.1 Å². The molecule has 0 aliphatic rings. The van der Waals surface area contributed by atoms with Crippen molar-refractivity contribution in [2.45, 2.75) is 0 Å². The number of hydrogen-bond acceptors (Lipinski definition) is 3. The fourth-order valence-electron chi connectivity index (χ4n) is 8.35. The summed E-state index contributed by atoms with van der Waals surface area (Å²) in [5.74, 6) is 0. The van der Waals surface area contributed by atoms with Crippen molar-refractivity contribution in [2.24, 2.45) is 0 Å². The first-order valence-corrected chi connectivity index (χ1v) is 20.1. The van der Waals surface area contributed by atoms with Crippen LogP contribution in [0.3, 0.4) is 0 Å². The van der Waals surface area contributed by atoms with Crippen molar-refractivity contribution in [1.29, 1.82) is 0 Å². The van der Waals surface area contributed by atoms with E-state index in [1.165, 1.54) is 42.4 Å².